The Bertz CT molecular complexity index is 412. The van der Waals surface area contributed by atoms with E-state index in [1.165, 1.54) is 5.56 Å². The number of ether oxygens (including phenoxy) is 1. The van der Waals surface area contributed by atoms with Crippen LogP contribution in [0.4, 0.5) is 10.5 Å². The number of aryl methyl sites for hydroxylation is 1. The first-order valence-electron chi connectivity index (χ1n) is 5.64. The standard InChI is InChI=1S/C13H17NO2/c1-9(2)11-5-4-10(3)12(8-11)14-6-7-16-13(14)15/h4-5,8-9H,6-7H2,1-3H3. The minimum atomic E-state index is -0.232. The van der Waals surface area contributed by atoms with E-state index in [2.05, 4.69) is 32.0 Å². The molecule has 1 amide bonds. The summed E-state index contributed by atoms with van der Waals surface area (Å²) in [6.07, 6.45) is -0.232. The Morgan fingerprint density at radius 3 is 2.69 bits per heavy atom. The molecule has 1 saturated heterocycles. The van der Waals surface area contributed by atoms with E-state index in [1.807, 2.05) is 6.92 Å². The normalized spacial score (nSPS) is 15.8. The third-order valence-corrected chi connectivity index (χ3v) is 2.95. The van der Waals surface area contributed by atoms with Crippen molar-refractivity contribution in [1.29, 1.82) is 0 Å². The molecular weight excluding hydrogens is 202 g/mol. The maximum atomic E-state index is 11.5. The topological polar surface area (TPSA) is 29.5 Å². The van der Waals surface area contributed by atoms with Crippen molar-refractivity contribution in [3.8, 4) is 0 Å². The molecule has 0 bridgehead atoms. The van der Waals surface area contributed by atoms with Gasteiger partial charge >= 0.3 is 6.09 Å². The number of anilines is 1. The number of hydrogen-bond acceptors (Lipinski definition) is 2. The van der Waals surface area contributed by atoms with Gasteiger partial charge in [-0.05, 0) is 30.0 Å². The van der Waals surface area contributed by atoms with Crippen LogP contribution in [0.2, 0.25) is 0 Å². The van der Waals surface area contributed by atoms with Crippen LogP contribution in [0.25, 0.3) is 0 Å². The monoisotopic (exact) mass is 219 g/mol. The smallest absolute Gasteiger partial charge is 0.414 e. The molecule has 0 aliphatic carbocycles. The lowest BCUT2D eigenvalue weighted by atomic mass is 10.0. The van der Waals surface area contributed by atoms with E-state index in [0.717, 1.165) is 11.3 Å². The summed E-state index contributed by atoms with van der Waals surface area (Å²) in [5.41, 5.74) is 3.34. The van der Waals surface area contributed by atoms with Crippen molar-refractivity contribution in [2.24, 2.45) is 0 Å². The Balaban J connectivity index is 2.38. The van der Waals surface area contributed by atoms with Crippen LogP contribution in [0.3, 0.4) is 0 Å². The summed E-state index contributed by atoms with van der Waals surface area (Å²) in [6, 6.07) is 6.27. The van der Waals surface area contributed by atoms with Crippen molar-refractivity contribution >= 4 is 11.8 Å². The van der Waals surface area contributed by atoms with Gasteiger partial charge in [0.25, 0.3) is 0 Å². The molecule has 1 heterocycles. The number of amides is 1. The van der Waals surface area contributed by atoms with Crippen LogP contribution in [0.1, 0.15) is 30.9 Å². The molecule has 16 heavy (non-hydrogen) atoms. The van der Waals surface area contributed by atoms with Crippen molar-refractivity contribution in [3.63, 3.8) is 0 Å². The van der Waals surface area contributed by atoms with E-state index in [1.54, 1.807) is 4.90 Å². The van der Waals surface area contributed by atoms with E-state index in [9.17, 15) is 4.79 Å². The highest BCUT2D eigenvalue weighted by molar-refractivity contribution is 5.90. The molecule has 0 saturated carbocycles. The second kappa shape index (κ2) is 4.16. The van der Waals surface area contributed by atoms with Crippen LogP contribution >= 0.6 is 0 Å². The van der Waals surface area contributed by atoms with E-state index in [0.29, 0.717) is 19.1 Å². The first-order valence-corrected chi connectivity index (χ1v) is 5.64. The van der Waals surface area contributed by atoms with Crippen LogP contribution in [0.15, 0.2) is 18.2 Å². The molecule has 1 aromatic carbocycles. The summed E-state index contributed by atoms with van der Waals surface area (Å²) >= 11 is 0. The molecule has 3 nitrogen and oxygen atoms in total. The van der Waals surface area contributed by atoms with Crippen molar-refractivity contribution in [1.82, 2.24) is 0 Å². The molecule has 0 aromatic heterocycles. The minimum absolute atomic E-state index is 0.232. The predicted molar refractivity (Wildman–Crippen MR) is 64.0 cm³/mol. The van der Waals surface area contributed by atoms with Gasteiger partial charge in [0, 0.05) is 0 Å². The molecule has 1 aromatic rings. The van der Waals surface area contributed by atoms with Crippen molar-refractivity contribution in [2.75, 3.05) is 18.1 Å². The largest absolute Gasteiger partial charge is 0.447 e. The Labute approximate surface area is 96.0 Å². The molecule has 0 radical (unpaired) electrons. The second-order valence-corrected chi connectivity index (χ2v) is 4.47. The van der Waals surface area contributed by atoms with Crippen LogP contribution in [0.5, 0.6) is 0 Å². The highest BCUT2D eigenvalue weighted by Crippen LogP contribution is 2.27. The molecule has 1 aliphatic heterocycles. The number of carbonyl (C=O) groups excluding carboxylic acids is 1. The molecule has 86 valence electrons. The fraction of sp³-hybridized carbons (Fsp3) is 0.462. The van der Waals surface area contributed by atoms with E-state index >= 15 is 0 Å². The number of hydrogen-bond donors (Lipinski definition) is 0. The Morgan fingerprint density at radius 1 is 1.38 bits per heavy atom. The molecule has 0 atom stereocenters. The lowest BCUT2D eigenvalue weighted by Gasteiger charge is -2.17. The average Bonchev–Trinajstić information content (AvgIpc) is 2.65. The van der Waals surface area contributed by atoms with Gasteiger partial charge < -0.3 is 4.74 Å². The number of carbonyl (C=O) groups is 1. The SMILES string of the molecule is Cc1ccc(C(C)C)cc1N1CCOC1=O. The van der Waals surface area contributed by atoms with Gasteiger partial charge in [0.05, 0.1) is 12.2 Å². The summed E-state index contributed by atoms with van der Waals surface area (Å²) in [4.78, 5) is 13.2. The lowest BCUT2D eigenvalue weighted by molar-refractivity contribution is 0.181. The number of nitrogens with zero attached hydrogens (tertiary/aromatic N) is 1. The predicted octanol–water partition coefficient (Wildman–Crippen LogP) is 3.08. The maximum absolute atomic E-state index is 11.5. The average molecular weight is 219 g/mol. The Hall–Kier alpha value is -1.51. The first-order chi connectivity index (χ1) is 7.59. The molecule has 0 unspecified atom stereocenters. The molecule has 1 aliphatic rings. The zero-order valence-electron chi connectivity index (χ0n) is 9.99. The summed E-state index contributed by atoms with van der Waals surface area (Å²) in [7, 11) is 0. The van der Waals surface area contributed by atoms with Gasteiger partial charge in [-0.25, -0.2) is 4.79 Å². The maximum Gasteiger partial charge on any atom is 0.414 e. The Morgan fingerprint density at radius 2 is 2.12 bits per heavy atom. The van der Waals surface area contributed by atoms with Crippen molar-refractivity contribution in [3.05, 3.63) is 29.3 Å². The van der Waals surface area contributed by atoms with Gasteiger partial charge in [0.1, 0.15) is 6.61 Å². The highest BCUT2D eigenvalue weighted by Gasteiger charge is 2.25. The van der Waals surface area contributed by atoms with E-state index in [-0.39, 0.29) is 6.09 Å². The fourth-order valence-corrected chi connectivity index (χ4v) is 1.89. The first kappa shape index (κ1) is 11.0. The molecule has 0 spiro atoms. The fourth-order valence-electron chi connectivity index (χ4n) is 1.89. The van der Waals surface area contributed by atoms with Gasteiger partial charge in [-0.1, -0.05) is 26.0 Å². The third kappa shape index (κ3) is 1.90. The summed E-state index contributed by atoms with van der Waals surface area (Å²) in [5.74, 6) is 0.470. The van der Waals surface area contributed by atoms with Crippen LogP contribution in [-0.2, 0) is 4.74 Å². The van der Waals surface area contributed by atoms with Gasteiger partial charge in [-0.3, -0.25) is 4.90 Å². The summed E-state index contributed by atoms with van der Waals surface area (Å²) in [6.45, 7) is 7.46. The highest BCUT2D eigenvalue weighted by atomic mass is 16.6. The van der Waals surface area contributed by atoms with Crippen LogP contribution in [0, 0.1) is 6.92 Å². The molecule has 1 fully saturated rings. The third-order valence-electron chi connectivity index (χ3n) is 2.95. The second-order valence-electron chi connectivity index (χ2n) is 4.47. The van der Waals surface area contributed by atoms with Crippen molar-refractivity contribution < 1.29 is 9.53 Å². The van der Waals surface area contributed by atoms with Gasteiger partial charge in [-0.2, -0.15) is 0 Å². The number of benzene rings is 1. The molecular formula is C13H17NO2. The number of rotatable bonds is 2. The zero-order chi connectivity index (χ0) is 11.7. The molecule has 2 rings (SSSR count). The van der Waals surface area contributed by atoms with Crippen LogP contribution in [-0.4, -0.2) is 19.2 Å². The molecule has 0 N–H and O–H groups in total. The summed E-state index contributed by atoms with van der Waals surface area (Å²) in [5, 5.41) is 0. The van der Waals surface area contributed by atoms with E-state index in [4.69, 9.17) is 4.74 Å². The lowest BCUT2D eigenvalue weighted by Crippen LogP contribution is -2.24. The number of cyclic esters (lactones) is 1. The Kier molecular flexibility index (Phi) is 2.86. The molecule has 3 heteroatoms. The van der Waals surface area contributed by atoms with Crippen molar-refractivity contribution in [2.45, 2.75) is 26.7 Å². The van der Waals surface area contributed by atoms with Gasteiger partial charge in [0.15, 0.2) is 0 Å². The summed E-state index contributed by atoms with van der Waals surface area (Å²) < 4.78 is 4.96. The van der Waals surface area contributed by atoms with Crippen LogP contribution < -0.4 is 4.90 Å². The quantitative estimate of drug-likeness (QED) is 0.765. The zero-order valence-corrected chi connectivity index (χ0v) is 9.99. The van der Waals surface area contributed by atoms with Gasteiger partial charge in [0.2, 0.25) is 0 Å². The van der Waals surface area contributed by atoms with E-state index < -0.39 is 0 Å². The minimum Gasteiger partial charge on any atom is -0.447 e. The van der Waals surface area contributed by atoms with Gasteiger partial charge in [-0.15, -0.1) is 0 Å².